The van der Waals surface area contributed by atoms with Crippen LogP contribution < -0.4 is 10.6 Å². The standard InChI is InChI=1S/C20H16FN5O/c1-13-5-6-15(12-16(13)21)23-20(27)25-19-18(14-7-9-22-10-8-14)24-17-4-2-3-11-26(17)19/h2-12H,1H3,(H2,23,25,27). The molecule has 3 heterocycles. The van der Waals surface area contributed by atoms with Crippen molar-refractivity contribution in [2.75, 3.05) is 10.6 Å². The van der Waals surface area contributed by atoms with Crippen LogP contribution in [0.5, 0.6) is 0 Å². The van der Waals surface area contributed by atoms with Crippen molar-refractivity contribution in [3.05, 3.63) is 78.5 Å². The molecule has 0 bridgehead atoms. The maximum atomic E-state index is 13.7. The summed E-state index contributed by atoms with van der Waals surface area (Å²) >= 11 is 0. The molecule has 4 rings (SSSR count). The fourth-order valence-electron chi connectivity index (χ4n) is 2.77. The lowest BCUT2D eigenvalue weighted by molar-refractivity contribution is 0.262. The van der Waals surface area contributed by atoms with Crippen LogP contribution in [-0.2, 0) is 0 Å². The lowest BCUT2D eigenvalue weighted by Crippen LogP contribution is -2.21. The molecule has 0 unspecified atom stereocenters. The van der Waals surface area contributed by atoms with Crippen molar-refractivity contribution in [3.63, 3.8) is 0 Å². The van der Waals surface area contributed by atoms with Gasteiger partial charge in [-0.1, -0.05) is 12.1 Å². The predicted molar refractivity (Wildman–Crippen MR) is 102 cm³/mol. The second kappa shape index (κ2) is 6.87. The Labute approximate surface area is 154 Å². The van der Waals surface area contributed by atoms with E-state index in [1.807, 2.05) is 36.5 Å². The molecule has 0 saturated carbocycles. The average Bonchev–Trinajstić information content (AvgIpc) is 3.04. The molecule has 7 heteroatoms. The topological polar surface area (TPSA) is 71.3 Å². The molecule has 6 nitrogen and oxygen atoms in total. The second-order valence-electron chi connectivity index (χ2n) is 6.02. The third kappa shape index (κ3) is 3.35. The van der Waals surface area contributed by atoms with E-state index in [1.165, 1.54) is 6.07 Å². The van der Waals surface area contributed by atoms with Crippen LogP contribution in [-0.4, -0.2) is 20.4 Å². The SMILES string of the molecule is Cc1ccc(NC(=O)Nc2c(-c3ccncc3)nc3ccccn23)cc1F. The molecule has 0 spiro atoms. The van der Waals surface area contributed by atoms with Crippen molar-refractivity contribution in [1.82, 2.24) is 14.4 Å². The molecule has 0 saturated heterocycles. The van der Waals surface area contributed by atoms with Gasteiger partial charge in [-0.3, -0.25) is 14.7 Å². The zero-order valence-corrected chi connectivity index (χ0v) is 14.5. The van der Waals surface area contributed by atoms with E-state index < -0.39 is 6.03 Å². The quantitative estimate of drug-likeness (QED) is 0.565. The van der Waals surface area contributed by atoms with Gasteiger partial charge in [0.1, 0.15) is 23.0 Å². The number of rotatable bonds is 3. The smallest absolute Gasteiger partial charge is 0.308 e. The first-order valence-corrected chi connectivity index (χ1v) is 8.33. The number of aryl methyl sites for hydroxylation is 1. The summed E-state index contributed by atoms with van der Waals surface area (Å²) in [6.07, 6.45) is 5.14. The monoisotopic (exact) mass is 361 g/mol. The highest BCUT2D eigenvalue weighted by Gasteiger charge is 2.16. The molecule has 0 aliphatic carbocycles. The summed E-state index contributed by atoms with van der Waals surface area (Å²) in [6, 6.07) is 13.3. The number of amides is 2. The Morgan fingerprint density at radius 1 is 1.07 bits per heavy atom. The van der Waals surface area contributed by atoms with E-state index >= 15 is 0 Å². The highest BCUT2D eigenvalue weighted by atomic mass is 19.1. The third-order valence-corrected chi connectivity index (χ3v) is 4.15. The van der Waals surface area contributed by atoms with Gasteiger partial charge in [0.25, 0.3) is 0 Å². The Morgan fingerprint density at radius 2 is 1.89 bits per heavy atom. The van der Waals surface area contributed by atoms with Gasteiger partial charge in [-0.05, 0) is 48.9 Å². The van der Waals surface area contributed by atoms with Crippen molar-refractivity contribution in [1.29, 1.82) is 0 Å². The molecule has 27 heavy (non-hydrogen) atoms. The third-order valence-electron chi connectivity index (χ3n) is 4.15. The van der Waals surface area contributed by atoms with Gasteiger partial charge in [0.15, 0.2) is 0 Å². The molecule has 3 aromatic heterocycles. The van der Waals surface area contributed by atoms with Crippen LogP contribution in [0.25, 0.3) is 16.9 Å². The highest BCUT2D eigenvalue weighted by Crippen LogP contribution is 2.28. The molecule has 0 radical (unpaired) electrons. The molecule has 0 atom stereocenters. The maximum Gasteiger partial charge on any atom is 0.324 e. The fourth-order valence-corrected chi connectivity index (χ4v) is 2.77. The number of carbonyl (C=O) groups is 1. The van der Waals surface area contributed by atoms with Gasteiger partial charge in [0.2, 0.25) is 0 Å². The van der Waals surface area contributed by atoms with E-state index in [0.29, 0.717) is 28.4 Å². The van der Waals surface area contributed by atoms with E-state index in [1.54, 1.807) is 35.9 Å². The number of hydrogen-bond acceptors (Lipinski definition) is 3. The number of benzene rings is 1. The first-order valence-electron chi connectivity index (χ1n) is 8.33. The zero-order chi connectivity index (χ0) is 18.8. The van der Waals surface area contributed by atoms with Gasteiger partial charge in [-0.15, -0.1) is 0 Å². The Kier molecular flexibility index (Phi) is 4.25. The number of imidazole rings is 1. The number of nitrogens with zero attached hydrogens (tertiary/aromatic N) is 3. The Bertz CT molecular complexity index is 1120. The van der Waals surface area contributed by atoms with E-state index in [9.17, 15) is 9.18 Å². The minimum atomic E-state index is -0.487. The number of fused-ring (bicyclic) bond motifs is 1. The summed E-state index contributed by atoms with van der Waals surface area (Å²) in [5.41, 5.74) is 3.03. The Hall–Kier alpha value is -3.74. The first kappa shape index (κ1) is 16.7. The van der Waals surface area contributed by atoms with Crippen LogP contribution in [0.2, 0.25) is 0 Å². The van der Waals surface area contributed by atoms with Crippen LogP contribution in [0.3, 0.4) is 0 Å². The molecule has 4 aromatic rings. The van der Waals surface area contributed by atoms with Crippen molar-refractivity contribution in [3.8, 4) is 11.3 Å². The van der Waals surface area contributed by atoms with Crippen molar-refractivity contribution >= 4 is 23.2 Å². The summed E-state index contributed by atoms with van der Waals surface area (Å²) in [5, 5.41) is 5.47. The molecule has 2 N–H and O–H groups in total. The summed E-state index contributed by atoms with van der Waals surface area (Å²) in [4.78, 5) is 21.1. The van der Waals surface area contributed by atoms with Crippen LogP contribution in [0.4, 0.5) is 20.7 Å². The molecule has 1 aromatic carbocycles. The number of carbonyl (C=O) groups excluding carboxylic acids is 1. The molecule has 0 fully saturated rings. The summed E-state index contributed by atoms with van der Waals surface area (Å²) in [7, 11) is 0. The number of pyridine rings is 2. The van der Waals surface area contributed by atoms with Crippen molar-refractivity contribution < 1.29 is 9.18 Å². The van der Waals surface area contributed by atoms with Crippen LogP contribution in [0, 0.1) is 12.7 Å². The predicted octanol–water partition coefficient (Wildman–Crippen LogP) is 4.49. The summed E-state index contributed by atoms with van der Waals surface area (Å²) in [5.74, 6) is 0.141. The summed E-state index contributed by atoms with van der Waals surface area (Å²) < 4.78 is 15.5. The van der Waals surface area contributed by atoms with E-state index in [0.717, 1.165) is 5.56 Å². The van der Waals surface area contributed by atoms with E-state index in [4.69, 9.17) is 0 Å². The molecule has 2 amide bonds. The van der Waals surface area contributed by atoms with Gasteiger partial charge >= 0.3 is 6.03 Å². The minimum absolute atomic E-state index is 0.370. The first-order chi connectivity index (χ1) is 13.1. The fraction of sp³-hybridized carbons (Fsp3) is 0.0500. The molecule has 0 aliphatic rings. The molecular formula is C20H16FN5O. The number of aromatic nitrogens is 3. The number of nitrogens with one attached hydrogen (secondary N) is 2. The number of hydrogen-bond donors (Lipinski definition) is 2. The van der Waals surface area contributed by atoms with Crippen molar-refractivity contribution in [2.24, 2.45) is 0 Å². The van der Waals surface area contributed by atoms with Crippen LogP contribution in [0.15, 0.2) is 67.1 Å². The van der Waals surface area contributed by atoms with Crippen molar-refractivity contribution in [2.45, 2.75) is 6.92 Å². The molecule has 134 valence electrons. The van der Waals surface area contributed by atoms with Gasteiger partial charge in [-0.2, -0.15) is 0 Å². The largest absolute Gasteiger partial charge is 0.324 e. The maximum absolute atomic E-state index is 13.7. The summed E-state index contributed by atoms with van der Waals surface area (Å²) in [6.45, 7) is 1.67. The number of anilines is 2. The molecular weight excluding hydrogens is 345 g/mol. The highest BCUT2D eigenvalue weighted by molar-refractivity contribution is 6.01. The second-order valence-corrected chi connectivity index (χ2v) is 6.02. The Balaban J connectivity index is 1.68. The van der Waals surface area contributed by atoms with Crippen LogP contribution in [0.1, 0.15) is 5.56 Å². The number of urea groups is 1. The van der Waals surface area contributed by atoms with Crippen LogP contribution >= 0.6 is 0 Å². The average molecular weight is 361 g/mol. The van der Waals surface area contributed by atoms with Gasteiger partial charge in [-0.25, -0.2) is 14.2 Å². The Morgan fingerprint density at radius 3 is 2.67 bits per heavy atom. The van der Waals surface area contributed by atoms with Gasteiger partial charge < -0.3 is 5.32 Å². The lowest BCUT2D eigenvalue weighted by Gasteiger charge is -2.10. The van der Waals surface area contributed by atoms with E-state index in [-0.39, 0.29) is 5.82 Å². The molecule has 0 aliphatic heterocycles. The minimum Gasteiger partial charge on any atom is -0.308 e. The normalized spacial score (nSPS) is 10.7. The van der Waals surface area contributed by atoms with Gasteiger partial charge in [0, 0.05) is 29.8 Å². The number of halogens is 1. The van der Waals surface area contributed by atoms with Gasteiger partial charge in [0.05, 0.1) is 0 Å². The zero-order valence-electron chi connectivity index (χ0n) is 14.5. The lowest BCUT2D eigenvalue weighted by atomic mass is 10.2. The van der Waals surface area contributed by atoms with E-state index in [2.05, 4.69) is 20.6 Å².